The first-order valence-corrected chi connectivity index (χ1v) is 6.41. The van der Waals surface area contributed by atoms with Crippen molar-refractivity contribution in [2.24, 2.45) is 5.41 Å². The third-order valence-electron chi connectivity index (χ3n) is 3.50. The Balaban J connectivity index is 2.22. The molecule has 1 aliphatic rings. The van der Waals surface area contributed by atoms with Crippen molar-refractivity contribution in [1.29, 1.82) is 0 Å². The van der Waals surface area contributed by atoms with Crippen molar-refractivity contribution < 1.29 is 4.74 Å². The third-order valence-corrected chi connectivity index (χ3v) is 4.07. The maximum Gasteiger partial charge on any atom is 0.0462 e. The van der Waals surface area contributed by atoms with Crippen LogP contribution in [0.2, 0.25) is 0 Å². The Morgan fingerprint density at radius 2 is 1.86 bits per heavy atom. The van der Waals surface area contributed by atoms with Crippen molar-refractivity contribution >= 4 is 11.6 Å². The van der Waals surface area contributed by atoms with Crippen molar-refractivity contribution in [3.8, 4) is 0 Å². The van der Waals surface area contributed by atoms with E-state index in [2.05, 4.69) is 0 Å². The van der Waals surface area contributed by atoms with Gasteiger partial charge in [-0.25, -0.2) is 0 Å². The molecule has 1 saturated carbocycles. The number of rotatable bonds is 6. The maximum atomic E-state index is 6.12. The number of halogens is 1. The molecule has 0 saturated heterocycles. The van der Waals surface area contributed by atoms with Gasteiger partial charge in [0.2, 0.25) is 0 Å². The van der Waals surface area contributed by atoms with Gasteiger partial charge in [-0.15, -0.1) is 11.6 Å². The molecule has 0 N–H and O–H groups in total. The number of hydrogen-bond donors (Lipinski definition) is 0. The topological polar surface area (TPSA) is 9.23 Å². The molecule has 0 heterocycles. The Morgan fingerprint density at radius 1 is 1.14 bits per heavy atom. The van der Waals surface area contributed by atoms with Crippen LogP contribution in [0, 0.1) is 5.41 Å². The third kappa shape index (κ3) is 3.78. The molecule has 0 spiro atoms. The first-order chi connectivity index (χ1) is 6.83. The van der Waals surface area contributed by atoms with E-state index in [0.29, 0.717) is 5.41 Å². The highest BCUT2D eigenvalue weighted by molar-refractivity contribution is 6.18. The molecule has 1 rings (SSSR count). The molecular weight excluding hydrogens is 196 g/mol. The quantitative estimate of drug-likeness (QED) is 0.484. The SMILES string of the molecule is COCCCCC1(CCl)CCCCC1. The van der Waals surface area contributed by atoms with Gasteiger partial charge in [0.1, 0.15) is 0 Å². The molecule has 14 heavy (non-hydrogen) atoms. The second-order valence-electron chi connectivity index (χ2n) is 4.64. The summed E-state index contributed by atoms with van der Waals surface area (Å²) in [6, 6.07) is 0. The van der Waals surface area contributed by atoms with Gasteiger partial charge in [-0.2, -0.15) is 0 Å². The second-order valence-corrected chi connectivity index (χ2v) is 4.91. The van der Waals surface area contributed by atoms with Crippen LogP contribution in [0.4, 0.5) is 0 Å². The lowest BCUT2D eigenvalue weighted by atomic mass is 9.72. The fourth-order valence-corrected chi connectivity index (χ4v) is 2.90. The summed E-state index contributed by atoms with van der Waals surface area (Å²) in [6.07, 6.45) is 10.7. The highest BCUT2D eigenvalue weighted by Gasteiger charge is 2.30. The molecule has 1 aliphatic carbocycles. The lowest BCUT2D eigenvalue weighted by Crippen LogP contribution is -2.26. The Hall–Kier alpha value is 0.250. The minimum atomic E-state index is 0.480. The van der Waals surface area contributed by atoms with Crippen LogP contribution in [-0.2, 0) is 4.74 Å². The van der Waals surface area contributed by atoms with Gasteiger partial charge in [0.15, 0.2) is 0 Å². The predicted molar refractivity (Wildman–Crippen MR) is 62.0 cm³/mol. The lowest BCUT2D eigenvalue weighted by molar-refractivity contribution is 0.167. The zero-order valence-electron chi connectivity index (χ0n) is 9.36. The van der Waals surface area contributed by atoms with Crippen molar-refractivity contribution in [3.05, 3.63) is 0 Å². The predicted octanol–water partition coefficient (Wildman–Crippen LogP) is 3.99. The summed E-state index contributed by atoms with van der Waals surface area (Å²) >= 11 is 6.12. The maximum absolute atomic E-state index is 6.12. The summed E-state index contributed by atoms with van der Waals surface area (Å²) in [5.41, 5.74) is 0.480. The average molecular weight is 219 g/mol. The zero-order chi connectivity index (χ0) is 10.3. The molecule has 0 aromatic carbocycles. The standard InChI is InChI=1S/C12H23ClO/c1-14-10-6-5-9-12(11-13)7-3-2-4-8-12/h2-11H2,1H3. The summed E-state index contributed by atoms with van der Waals surface area (Å²) in [6.45, 7) is 0.901. The molecule has 2 heteroatoms. The Kier molecular flexibility index (Phi) is 5.88. The molecule has 0 unspecified atom stereocenters. The van der Waals surface area contributed by atoms with Crippen LogP contribution in [0.1, 0.15) is 51.4 Å². The van der Waals surface area contributed by atoms with Gasteiger partial charge in [-0.05, 0) is 31.1 Å². The van der Waals surface area contributed by atoms with Crippen molar-refractivity contribution in [2.75, 3.05) is 19.6 Å². The van der Waals surface area contributed by atoms with Gasteiger partial charge >= 0.3 is 0 Å². The van der Waals surface area contributed by atoms with E-state index in [9.17, 15) is 0 Å². The molecule has 84 valence electrons. The normalized spacial score (nSPS) is 21.0. The molecule has 0 radical (unpaired) electrons. The Bertz CT molecular complexity index is 141. The van der Waals surface area contributed by atoms with Gasteiger partial charge in [-0.1, -0.05) is 25.7 Å². The van der Waals surface area contributed by atoms with E-state index in [1.165, 1.54) is 51.4 Å². The number of unbranched alkanes of at least 4 members (excludes halogenated alkanes) is 1. The molecule has 0 amide bonds. The molecule has 0 aromatic heterocycles. The largest absolute Gasteiger partial charge is 0.385 e. The Morgan fingerprint density at radius 3 is 2.43 bits per heavy atom. The summed E-state index contributed by atoms with van der Waals surface area (Å²) in [4.78, 5) is 0. The number of alkyl halides is 1. The Labute approximate surface area is 93.2 Å². The van der Waals surface area contributed by atoms with Gasteiger partial charge in [0, 0.05) is 19.6 Å². The van der Waals surface area contributed by atoms with E-state index < -0.39 is 0 Å². The van der Waals surface area contributed by atoms with Crippen LogP contribution in [0.25, 0.3) is 0 Å². The first-order valence-electron chi connectivity index (χ1n) is 5.88. The summed E-state index contributed by atoms with van der Waals surface area (Å²) < 4.78 is 5.06. The lowest BCUT2D eigenvalue weighted by Gasteiger charge is -2.35. The van der Waals surface area contributed by atoms with Crippen LogP contribution in [0.5, 0.6) is 0 Å². The minimum absolute atomic E-state index is 0.480. The molecule has 0 aromatic rings. The minimum Gasteiger partial charge on any atom is -0.385 e. The smallest absolute Gasteiger partial charge is 0.0462 e. The molecular formula is C12H23ClO. The fourth-order valence-electron chi connectivity index (χ4n) is 2.50. The van der Waals surface area contributed by atoms with Crippen molar-refractivity contribution in [3.63, 3.8) is 0 Å². The molecule has 0 bridgehead atoms. The summed E-state index contributed by atoms with van der Waals surface area (Å²) in [7, 11) is 1.78. The highest BCUT2D eigenvalue weighted by Crippen LogP contribution is 2.41. The van der Waals surface area contributed by atoms with E-state index in [4.69, 9.17) is 16.3 Å². The number of methoxy groups -OCH3 is 1. The average Bonchev–Trinajstić information content (AvgIpc) is 2.26. The van der Waals surface area contributed by atoms with Crippen LogP contribution in [-0.4, -0.2) is 19.6 Å². The fraction of sp³-hybridized carbons (Fsp3) is 1.00. The van der Waals surface area contributed by atoms with Gasteiger partial charge < -0.3 is 4.74 Å². The van der Waals surface area contributed by atoms with Crippen molar-refractivity contribution in [2.45, 2.75) is 51.4 Å². The molecule has 1 fully saturated rings. The molecule has 1 nitrogen and oxygen atoms in total. The van der Waals surface area contributed by atoms with Gasteiger partial charge in [0.25, 0.3) is 0 Å². The van der Waals surface area contributed by atoms with E-state index >= 15 is 0 Å². The van der Waals surface area contributed by atoms with Crippen LogP contribution in [0.15, 0.2) is 0 Å². The first kappa shape index (κ1) is 12.3. The second kappa shape index (κ2) is 6.68. The van der Waals surface area contributed by atoms with Crippen LogP contribution < -0.4 is 0 Å². The molecule has 0 atom stereocenters. The summed E-state index contributed by atoms with van der Waals surface area (Å²) in [5.74, 6) is 0.861. The summed E-state index contributed by atoms with van der Waals surface area (Å²) in [5, 5.41) is 0. The van der Waals surface area contributed by atoms with E-state index in [1.54, 1.807) is 7.11 Å². The zero-order valence-corrected chi connectivity index (χ0v) is 10.1. The number of hydrogen-bond acceptors (Lipinski definition) is 1. The number of ether oxygens (including phenoxy) is 1. The highest BCUT2D eigenvalue weighted by atomic mass is 35.5. The van der Waals surface area contributed by atoms with Crippen LogP contribution >= 0.6 is 11.6 Å². The monoisotopic (exact) mass is 218 g/mol. The van der Waals surface area contributed by atoms with Crippen LogP contribution in [0.3, 0.4) is 0 Å². The van der Waals surface area contributed by atoms with Gasteiger partial charge in [0.05, 0.1) is 0 Å². The van der Waals surface area contributed by atoms with E-state index in [1.807, 2.05) is 0 Å². The van der Waals surface area contributed by atoms with E-state index in [0.717, 1.165) is 12.5 Å². The van der Waals surface area contributed by atoms with Crippen molar-refractivity contribution in [1.82, 2.24) is 0 Å². The molecule has 0 aliphatic heterocycles. The van der Waals surface area contributed by atoms with Gasteiger partial charge in [-0.3, -0.25) is 0 Å². The van der Waals surface area contributed by atoms with E-state index in [-0.39, 0.29) is 0 Å².